The van der Waals surface area contributed by atoms with Gasteiger partial charge in [0.25, 0.3) is 0 Å². The Bertz CT molecular complexity index is 1460. The van der Waals surface area contributed by atoms with Gasteiger partial charge in [-0.2, -0.15) is 13.2 Å². The fraction of sp³-hybridized carbons (Fsp3) is 0.348. The number of hydrogen-bond donors (Lipinski definition) is 2. The Balaban J connectivity index is 1.93. The number of aliphatic hydroxyl groups excluding tert-OH is 1. The second-order valence-electron chi connectivity index (χ2n) is 8.52. The van der Waals surface area contributed by atoms with Crippen LogP contribution in [0.3, 0.4) is 0 Å². The average Bonchev–Trinajstić information content (AvgIpc) is 3.11. The highest BCUT2D eigenvalue weighted by Crippen LogP contribution is 2.28. The van der Waals surface area contributed by atoms with Crippen molar-refractivity contribution in [1.29, 1.82) is 0 Å². The maximum Gasteiger partial charge on any atom is 0.416 e. The normalized spacial score (nSPS) is 13.9. The molecule has 0 amide bonds. The van der Waals surface area contributed by atoms with Gasteiger partial charge in [0.1, 0.15) is 6.54 Å². The van der Waals surface area contributed by atoms with Crippen molar-refractivity contribution in [3.8, 4) is 11.4 Å². The predicted octanol–water partition coefficient (Wildman–Crippen LogP) is 3.23. The molecule has 3 aromatic rings. The number of hydrogen-bond acceptors (Lipinski definition) is 6. The monoisotopic (exact) mass is 594 g/mol. The Morgan fingerprint density at radius 3 is 2.34 bits per heavy atom. The lowest BCUT2D eigenvalue weighted by Gasteiger charge is -2.18. The second-order valence-corrected chi connectivity index (χ2v) is 11.2. The van der Waals surface area contributed by atoms with E-state index in [0.29, 0.717) is 24.9 Å². The van der Waals surface area contributed by atoms with E-state index in [1.807, 2.05) is 0 Å². The molecular weight excluding hydrogens is 572 g/mol. The smallest absolute Gasteiger partial charge is 0.382 e. The molecule has 0 aliphatic carbocycles. The molecule has 1 aromatic heterocycles. The first-order valence-electron chi connectivity index (χ1n) is 11.0. The van der Waals surface area contributed by atoms with Gasteiger partial charge in [0, 0.05) is 34.5 Å². The topological polar surface area (TPSA) is 123 Å². The summed E-state index contributed by atoms with van der Waals surface area (Å²) in [5.41, 5.74) is -0.319. The number of aromatic nitrogens is 3. The van der Waals surface area contributed by atoms with Crippen molar-refractivity contribution < 1.29 is 31.5 Å². The number of rotatable bonds is 11. The number of Topliss-reactive ketones (excluding diaryl/α,β-unsaturated/α-hetero) is 1. The molecule has 0 saturated heterocycles. The lowest BCUT2D eigenvalue weighted by molar-refractivity contribution is -0.207. The summed E-state index contributed by atoms with van der Waals surface area (Å²) in [6.45, 7) is -1.92. The number of carbonyl (C=O) groups is 1. The third kappa shape index (κ3) is 7.90. The second kappa shape index (κ2) is 12.0. The molecule has 0 saturated carbocycles. The summed E-state index contributed by atoms with van der Waals surface area (Å²) in [5.74, 6) is -1.47. The van der Waals surface area contributed by atoms with Gasteiger partial charge in [0.2, 0.25) is 10.0 Å². The summed E-state index contributed by atoms with van der Waals surface area (Å²) >= 11 is 12.1. The van der Waals surface area contributed by atoms with Crippen molar-refractivity contribution in [2.45, 2.75) is 37.7 Å². The lowest BCUT2D eigenvalue weighted by Crippen LogP contribution is -2.37. The first-order chi connectivity index (χ1) is 17.7. The van der Waals surface area contributed by atoms with Crippen LogP contribution in [-0.2, 0) is 27.9 Å². The molecule has 9 nitrogen and oxygen atoms in total. The van der Waals surface area contributed by atoms with E-state index in [9.17, 15) is 36.3 Å². The van der Waals surface area contributed by atoms with Crippen LogP contribution in [-0.4, -0.2) is 58.7 Å². The van der Waals surface area contributed by atoms with Gasteiger partial charge >= 0.3 is 11.9 Å². The highest BCUT2D eigenvalue weighted by atomic mass is 35.5. The van der Waals surface area contributed by atoms with Crippen LogP contribution in [0.1, 0.15) is 17.9 Å². The summed E-state index contributed by atoms with van der Waals surface area (Å²) in [6, 6.07) is 12.3. The Kier molecular flexibility index (Phi) is 9.42. The molecule has 38 heavy (non-hydrogen) atoms. The maximum atomic E-state index is 13.0. The SMILES string of the molecule is CS(=O)(=O)NCC(CC(=O)Cn1nc(-c2ccc(Cl)cc2)n(C[C@H](O)C(F)(F)F)c1=O)c1ccccc1Cl. The standard InChI is InChI=1S/C23H23Cl2F3N4O5S/c1-38(36,37)29-11-15(18-4-2-3-5-19(18)25)10-17(33)12-32-22(35)31(13-20(34)23(26,27)28)21(30-32)14-6-8-16(24)9-7-14/h2-9,15,20,29,34H,10-13H2,1H3/t15?,20-/m0/s1. The minimum absolute atomic E-state index is 0.161. The van der Waals surface area contributed by atoms with Crippen LogP contribution in [0.4, 0.5) is 13.2 Å². The summed E-state index contributed by atoms with van der Waals surface area (Å²) < 4.78 is 66.0. The van der Waals surface area contributed by atoms with E-state index >= 15 is 0 Å². The van der Waals surface area contributed by atoms with E-state index in [2.05, 4.69) is 9.82 Å². The van der Waals surface area contributed by atoms with Gasteiger partial charge in [-0.15, -0.1) is 5.10 Å². The molecule has 0 fully saturated rings. The number of alkyl halides is 3. The predicted molar refractivity (Wildman–Crippen MR) is 136 cm³/mol. The van der Waals surface area contributed by atoms with Crippen molar-refractivity contribution in [3.63, 3.8) is 0 Å². The highest BCUT2D eigenvalue weighted by molar-refractivity contribution is 7.88. The van der Waals surface area contributed by atoms with Gasteiger partial charge in [-0.05, 0) is 35.9 Å². The van der Waals surface area contributed by atoms with E-state index in [1.165, 1.54) is 24.3 Å². The van der Waals surface area contributed by atoms with Crippen LogP contribution in [0, 0.1) is 0 Å². The molecule has 2 atom stereocenters. The van der Waals surface area contributed by atoms with Gasteiger partial charge in [-0.1, -0.05) is 41.4 Å². The zero-order chi connectivity index (χ0) is 28.3. The van der Waals surface area contributed by atoms with Crippen LogP contribution < -0.4 is 10.4 Å². The van der Waals surface area contributed by atoms with Gasteiger partial charge in [0.05, 0.1) is 12.8 Å². The number of nitrogens with one attached hydrogen (secondary N) is 1. The number of benzene rings is 2. The quantitative estimate of drug-likeness (QED) is 0.351. The fourth-order valence-corrected chi connectivity index (χ4v) is 4.57. The minimum atomic E-state index is -5.00. The van der Waals surface area contributed by atoms with Gasteiger partial charge in [-0.3, -0.25) is 9.36 Å². The Morgan fingerprint density at radius 2 is 1.76 bits per heavy atom. The average molecular weight is 595 g/mol. The molecule has 1 unspecified atom stereocenters. The largest absolute Gasteiger partial charge is 0.416 e. The molecule has 2 aromatic carbocycles. The number of sulfonamides is 1. The number of halogens is 5. The van der Waals surface area contributed by atoms with Gasteiger partial charge in [0.15, 0.2) is 17.7 Å². The molecule has 0 spiro atoms. The van der Waals surface area contributed by atoms with Crippen molar-refractivity contribution in [2.24, 2.45) is 0 Å². The van der Waals surface area contributed by atoms with Crippen LogP contribution in [0.5, 0.6) is 0 Å². The van der Waals surface area contributed by atoms with E-state index < -0.39 is 52.8 Å². The molecule has 15 heteroatoms. The van der Waals surface area contributed by atoms with Crippen molar-refractivity contribution in [3.05, 3.63) is 74.6 Å². The van der Waals surface area contributed by atoms with E-state index in [1.54, 1.807) is 24.3 Å². The molecule has 0 aliphatic rings. The minimum Gasteiger partial charge on any atom is -0.382 e. The summed E-state index contributed by atoms with van der Waals surface area (Å²) in [7, 11) is -3.60. The first kappa shape index (κ1) is 29.8. The molecule has 206 valence electrons. The summed E-state index contributed by atoms with van der Waals surface area (Å²) in [6.07, 6.45) is -7.15. The molecule has 1 heterocycles. The highest BCUT2D eigenvalue weighted by Gasteiger charge is 2.39. The summed E-state index contributed by atoms with van der Waals surface area (Å²) in [4.78, 5) is 26.0. The van der Waals surface area contributed by atoms with E-state index in [0.717, 1.165) is 6.26 Å². The molecule has 2 N–H and O–H groups in total. The first-order valence-corrected chi connectivity index (χ1v) is 13.7. The molecule has 0 bridgehead atoms. The zero-order valence-electron chi connectivity index (χ0n) is 19.8. The van der Waals surface area contributed by atoms with Crippen LogP contribution in [0.25, 0.3) is 11.4 Å². The zero-order valence-corrected chi connectivity index (χ0v) is 22.2. The number of nitrogens with zero attached hydrogens (tertiary/aromatic N) is 3. The lowest BCUT2D eigenvalue weighted by atomic mass is 9.94. The summed E-state index contributed by atoms with van der Waals surface area (Å²) in [5, 5.41) is 14.3. The Labute approximate surface area is 225 Å². The Morgan fingerprint density at radius 1 is 1.13 bits per heavy atom. The van der Waals surface area contributed by atoms with Crippen LogP contribution in [0.15, 0.2) is 53.3 Å². The van der Waals surface area contributed by atoms with Crippen LogP contribution in [0.2, 0.25) is 10.0 Å². The maximum absolute atomic E-state index is 13.0. The molecule has 0 radical (unpaired) electrons. The molecule has 3 rings (SSSR count). The molecular formula is C23H23Cl2F3N4O5S. The van der Waals surface area contributed by atoms with Crippen molar-refractivity contribution in [2.75, 3.05) is 12.8 Å². The number of aliphatic hydroxyl groups is 1. The van der Waals surface area contributed by atoms with E-state index in [4.69, 9.17) is 23.2 Å². The van der Waals surface area contributed by atoms with Gasteiger partial charge < -0.3 is 5.11 Å². The van der Waals surface area contributed by atoms with Crippen LogP contribution >= 0.6 is 23.2 Å². The molecule has 0 aliphatic heterocycles. The number of ketones is 1. The van der Waals surface area contributed by atoms with Crippen molar-refractivity contribution >= 4 is 39.0 Å². The number of carbonyl (C=O) groups excluding carboxylic acids is 1. The van der Waals surface area contributed by atoms with Gasteiger partial charge in [-0.25, -0.2) is 22.6 Å². The fourth-order valence-electron chi connectivity index (χ4n) is 3.65. The Hall–Kier alpha value is -2.71. The third-order valence-electron chi connectivity index (χ3n) is 5.50. The third-order valence-corrected chi connectivity index (χ3v) is 6.78. The van der Waals surface area contributed by atoms with E-state index in [-0.39, 0.29) is 24.4 Å². The van der Waals surface area contributed by atoms with Crippen molar-refractivity contribution in [1.82, 2.24) is 19.1 Å².